The summed E-state index contributed by atoms with van der Waals surface area (Å²) in [5, 5.41) is 29.1. The van der Waals surface area contributed by atoms with Crippen molar-refractivity contribution >= 4 is 27.6 Å². The Kier molecular flexibility index (Phi) is 18.4. The molecule has 0 saturated carbocycles. The van der Waals surface area contributed by atoms with Crippen molar-refractivity contribution in [1.82, 2.24) is 14.8 Å². The number of carbonyl (C=O) groups is 1. The van der Waals surface area contributed by atoms with Crippen LogP contribution in [0.4, 0.5) is 0 Å². The van der Waals surface area contributed by atoms with Crippen LogP contribution >= 0.6 is 0 Å². The van der Waals surface area contributed by atoms with E-state index < -0.39 is 27.6 Å². The van der Waals surface area contributed by atoms with Crippen LogP contribution in [0, 0.1) is 0 Å². The molecule has 218 valence electrons. The number of nitrogens with zero attached hydrogens (tertiary/aromatic N) is 3. The number of benzene rings is 3. The zero-order chi connectivity index (χ0) is 27.5. The monoisotopic (exact) mass is 671 g/mol. The summed E-state index contributed by atoms with van der Waals surface area (Å²) in [6.07, 6.45) is 6.56. The van der Waals surface area contributed by atoms with E-state index in [1.54, 1.807) is 85.7 Å². The minimum absolute atomic E-state index is 0. The normalized spacial score (nSPS) is 9.47. The van der Waals surface area contributed by atoms with Gasteiger partial charge in [-0.15, -0.1) is 5.10 Å². The van der Waals surface area contributed by atoms with Gasteiger partial charge in [0, 0.05) is 78.8 Å². The number of methoxy groups -OCH3 is 1. The molecule has 40 heavy (non-hydrogen) atoms. The van der Waals surface area contributed by atoms with Gasteiger partial charge in [-0.3, -0.25) is 8.42 Å². The van der Waals surface area contributed by atoms with Gasteiger partial charge in [0.1, 0.15) is 0 Å². The number of hydrogen-bond donors (Lipinski definition) is 0. The van der Waals surface area contributed by atoms with E-state index in [-0.39, 0.29) is 49.3 Å². The van der Waals surface area contributed by atoms with Crippen LogP contribution in [0.5, 0.6) is 11.5 Å². The third kappa shape index (κ3) is 11.5. The van der Waals surface area contributed by atoms with Crippen molar-refractivity contribution in [3.8, 4) is 40.0 Å². The van der Waals surface area contributed by atoms with E-state index in [4.69, 9.17) is 4.74 Å². The van der Waals surface area contributed by atoms with E-state index in [1.807, 2.05) is 0 Å². The molecule has 0 bridgehead atoms. The van der Waals surface area contributed by atoms with Crippen LogP contribution in [-0.2, 0) is 58.4 Å². The van der Waals surface area contributed by atoms with Crippen molar-refractivity contribution < 1.29 is 60.2 Å². The van der Waals surface area contributed by atoms with E-state index in [9.17, 15) is 23.4 Å². The summed E-state index contributed by atoms with van der Waals surface area (Å²) in [5.41, 5.74) is 1.65. The Hall–Kier alpha value is -3.22. The molecule has 4 aromatic rings. The Morgan fingerprint density at radius 3 is 1.62 bits per heavy atom. The number of hydrogen-bond acceptors (Lipinski definition) is 8. The molecule has 0 spiro atoms. The van der Waals surface area contributed by atoms with Gasteiger partial charge in [-0.25, -0.2) is 14.5 Å². The maximum Gasteiger partial charge on any atom is 0.337 e. The van der Waals surface area contributed by atoms with Crippen LogP contribution in [0.15, 0.2) is 72.8 Å². The number of aromatic nitrogens is 3. The summed E-state index contributed by atoms with van der Waals surface area (Å²) in [5.74, 6) is -0.367. The average molecular weight is 670 g/mol. The first-order chi connectivity index (χ1) is 17.5. The fraction of sp³-hybridized carbons (Fsp3) is 0.192. The summed E-state index contributed by atoms with van der Waals surface area (Å²) in [6, 6.07) is 19.4. The summed E-state index contributed by atoms with van der Waals surface area (Å²) < 4.78 is 25.3. The molecule has 0 aliphatic rings. The minimum atomic E-state index is -0.611. The molecular weight excluding hydrogens is 642 g/mol. The molecule has 3 aromatic carbocycles. The topological polar surface area (TPSA) is 194 Å². The number of para-hydroxylation sites is 2. The van der Waals surface area contributed by atoms with Gasteiger partial charge in [-0.05, 0) is 24.3 Å². The maximum absolute atomic E-state index is 12.4. The van der Waals surface area contributed by atoms with Crippen LogP contribution < -0.4 is 10.2 Å². The molecule has 14 heteroatoms. The van der Waals surface area contributed by atoms with Crippen LogP contribution in [0.2, 0.25) is 0 Å². The van der Waals surface area contributed by atoms with E-state index in [0.29, 0.717) is 28.2 Å². The van der Waals surface area contributed by atoms with Crippen LogP contribution in [0.3, 0.4) is 0 Å². The smallest absolute Gasteiger partial charge is 0.337 e. The molecule has 0 atom stereocenters. The maximum atomic E-state index is 12.4. The molecule has 0 saturated heterocycles. The van der Waals surface area contributed by atoms with Gasteiger partial charge in [0.05, 0.1) is 18.4 Å². The summed E-state index contributed by atoms with van der Waals surface area (Å²) in [6.45, 7) is 0. The Balaban J connectivity index is 0. The Morgan fingerprint density at radius 1 is 0.775 bits per heavy atom. The molecule has 0 aliphatic carbocycles. The molecule has 0 unspecified atom stereocenters. The summed E-state index contributed by atoms with van der Waals surface area (Å²) >= 11 is 0. The van der Waals surface area contributed by atoms with Crippen molar-refractivity contribution in [1.29, 1.82) is 0 Å². The Morgan fingerprint density at radius 2 is 1.20 bits per heavy atom. The Labute approximate surface area is 252 Å². The van der Waals surface area contributed by atoms with Crippen LogP contribution in [-0.4, -0.2) is 61.3 Å². The second kappa shape index (κ2) is 19.0. The quantitative estimate of drug-likeness (QED) is 0.233. The molecule has 11 nitrogen and oxygen atoms in total. The van der Waals surface area contributed by atoms with Crippen molar-refractivity contribution in [2.45, 2.75) is 0 Å². The molecule has 4 rings (SSSR count). The van der Waals surface area contributed by atoms with Crippen LogP contribution in [0.1, 0.15) is 10.4 Å². The third-order valence-corrected chi connectivity index (χ3v) is 4.40. The molecule has 0 N–H and O–H groups in total. The summed E-state index contributed by atoms with van der Waals surface area (Å²) in [4.78, 5) is 16.2. The van der Waals surface area contributed by atoms with Gasteiger partial charge in [-0.2, -0.15) is 0 Å². The van der Waals surface area contributed by atoms with E-state index in [2.05, 4.69) is 10.1 Å². The second-order valence-electron chi connectivity index (χ2n) is 7.68. The van der Waals surface area contributed by atoms with Crippen molar-refractivity contribution in [3.63, 3.8) is 0 Å². The Bertz CT molecular complexity index is 1380. The van der Waals surface area contributed by atoms with Gasteiger partial charge in [-0.1, -0.05) is 60.0 Å². The standard InChI is InChI=1S/C22H17N3O4.2C2H6OS.Mo.2O/c1-29-22(28)14-10-12-15(13-11-14)25-21(17-7-3-5-9-19(17)27)23-20(24-25)16-6-2-4-8-18(16)26;2*1-4(2)3;;;/h2-13,26-27H,1H3;2*1-2H3;;;/q;;;;2*-2/p-2. The predicted octanol–water partition coefficient (Wildman–Crippen LogP) is 2.28. The molecule has 0 amide bonds. The molecule has 0 aliphatic heterocycles. The molecule has 0 radical (unpaired) electrons. The van der Waals surface area contributed by atoms with Gasteiger partial charge in [0.25, 0.3) is 0 Å². The minimum Gasteiger partial charge on any atom is -2.00 e. The fourth-order valence-corrected chi connectivity index (χ4v) is 2.94. The first-order valence-electron chi connectivity index (χ1n) is 10.7. The average Bonchev–Trinajstić information content (AvgIpc) is 3.28. The zero-order valence-corrected chi connectivity index (χ0v) is 25.9. The van der Waals surface area contributed by atoms with E-state index >= 15 is 0 Å². The van der Waals surface area contributed by atoms with Crippen molar-refractivity contribution in [3.05, 3.63) is 78.4 Å². The van der Waals surface area contributed by atoms with E-state index in [1.165, 1.54) is 23.9 Å². The number of ether oxygens (including phenoxy) is 1. The van der Waals surface area contributed by atoms with Gasteiger partial charge < -0.3 is 25.9 Å². The van der Waals surface area contributed by atoms with Gasteiger partial charge in [0.15, 0.2) is 11.6 Å². The molecule has 1 heterocycles. The first kappa shape index (κ1) is 38.9. The molecular formula is C26H27MoN3O8S2-6. The SMILES string of the molecule is COC(=O)c1ccc(-n2nc(-c3ccccc3[O-])nc2-c2ccccc2[O-])cc1.CS(C)=O.CS(C)=O.[Mo].[O-2].[O-2]. The largest absolute Gasteiger partial charge is 2.00 e. The van der Waals surface area contributed by atoms with Crippen LogP contribution in [0.25, 0.3) is 28.5 Å². The first-order valence-corrected chi connectivity index (χ1v) is 14.7. The number of rotatable bonds is 4. The molecule has 1 aromatic heterocycles. The zero-order valence-electron chi connectivity index (χ0n) is 22.3. The number of carbonyl (C=O) groups excluding carboxylic acids is 1. The third-order valence-electron chi connectivity index (χ3n) is 4.40. The fourth-order valence-electron chi connectivity index (χ4n) is 2.94. The van der Waals surface area contributed by atoms with Gasteiger partial charge >= 0.3 is 5.97 Å². The van der Waals surface area contributed by atoms with Crippen molar-refractivity contribution in [2.24, 2.45) is 0 Å². The van der Waals surface area contributed by atoms with Crippen molar-refractivity contribution in [2.75, 3.05) is 32.1 Å². The summed E-state index contributed by atoms with van der Waals surface area (Å²) in [7, 11) is 0.0869. The van der Waals surface area contributed by atoms with Gasteiger partial charge in [0.2, 0.25) is 0 Å². The second-order valence-corrected chi connectivity index (χ2v) is 10.7. The molecule has 0 fully saturated rings. The predicted molar refractivity (Wildman–Crippen MR) is 144 cm³/mol. The van der Waals surface area contributed by atoms with E-state index in [0.717, 1.165) is 0 Å². The number of esters is 1.